The topological polar surface area (TPSA) is 76.3 Å². The van der Waals surface area contributed by atoms with Gasteiger partial charge < -0.3 is 0 Å². The van der Waals surface area contributed by atoms with Gasteiger partial charge in [0.25, 0.3) is 11.5 Å². The Bertz CT molecular complexity index is 1350. The van der Waals surface area contributed by atoms with E-state index in [0.29, 0.717) is 5.39 Å². The second-order valence-electron chi connectivity index (χ2n) is 7.43. The molecule has 1 aliphatic carbocycles. The fraction of sp³-hybridized carbons (Fsp3) is 0.217. The molecule has 0 saturated carbocycles. The Morgan fingerprint density at radius 2 is 2.00 bits per heavy atom. The van der Waals surface area contributed by atoms with Crippen molar-refractivity contribution in [2.45, 2.75) is 32.2 Å². The lowest BCUT2D eigenvalue weighted by atomic mass is 9.97. The summed E-state index contributed by atoms with van der Waals surface area (Å²) in [4.78, 5) is 31.8. The number of aryl methyl sites for hydroxylation is 2. The molecule has 0 bridgehead atoms. The number of carbonyl (C=O) groups is 1. The molecule has 4 aromatic rings. The molecule has 5 rings (SSSR count). The van der Waals surface area contributed by atoms with Gasteiger partial charge in [0.2, 0.25) is 0 Å². The maximum absolute atomic E-state index is 12.9. The first kappa shape index (κ1) is 18.7. The molecule has 0 spiro atoms. The lowest BCUT2D eigenvalue weighted by Crippen LogP contribution is -2.30. The summed E-state index contributed by atoms with van der Waals surface area (Å²) in [6.45, 7) is -0.112. The van der Waals surface area contributed by atoms with Crippen molar-refractivity contribution < 1.29 is 4.79 Å². The Labute approximate surface area is 176 Å². The van der Waals surface area contributed by atoms with Gasteiger partial charge in [0, 0.05) is 10.4 Å². The van der Waals surface area contributed by atoms with Gasteiger partial charge in [-0.15, -0.1) is 11.3 Å². The van der Waals surface area contributed by atoms with Crippen LogP contribution in [-0.2, 0) is 24.2 Å². The summed E-state index contributed by atoms with van der Waals surface area (Å²) in [6.07, 6.45) is 7.26. The van der Waals surface area contributed by atoms with Crippen molar-refractivity contribution in [3.63, 3.8) is 0 Å². The van der Waals surface area contributed by atoms with Gasteiger partial charge in [-0.3, -0.25) is 14.2 Å². The summed E-state index contributed by atoms with van der Waals surface area (Å²) < 4.78 is 1.37. The third-order valence-corrected chi connectivity index (χ3v) is 6.67. The fourth-order valence-electron chi connectivity index (χ4n) is 4.02. The van der Waals surface area contributed by atoms with Gasteiger partial charge >= 0.3 is 0 Å². The van der Waals surface area contributed by atoms with Crippen LogP contribution >= 0.6 is 11.3 Å². The van der Waals surface area contributed by atoms with E-state index in [4.69, 9.17) is 0 Å². The molecule has 1 amide bonds. The minimum Gasteiger partial charge on any atom is -0.289 e. The molecule has 0 atom stereocenters. The van der Waals surface area contributed by atoms with Crippen LogP contribution in [0, 0.1) is 0 Å². The maximum atomic E-state index is 12.9. The van der Waals surface area contributed by atoms with Crippen LogP contribution in [0.15, 0.2) is 58.7 Å². The Morgan fingerprint density at radius 1 is 1.17 bits per heavy atom. The molecule has 2 aromatic heterocycles. The number of rotatable bonds is 4. The monoisotopic (exact) mass is 416 g/mol. The molecular formula is C23H20N4O2S. The van der Waals surface area contributed by atoms with E-state index in [9.17, 15) is 9.59 Å². The zero-order valence-electron chi connectivity index (χ0n) is 16.3. The molecule has 150 valence electrons. The number of benzene rings is 2. The van der Waals surface area contributed by atoms with Crippen LogP contribution in [-0.4, -0.2) is 21.7 Å². The van der Waals surface area contributed by atoms with Gasteiger partial charge in [0.05, 0.1) is 17.9 Å². The highest BCUT2D eigenvalue weighted by Crippen LogP contribution is 2.33. The quantitative estimate of drug-likeness (QED) is 0.408. The number of carbonyl (C=O) groups excluding carboxylic acids is 1. The molecular weight excluding hydrogens is 396 g/mol. The number of nitrogens with zero attached hydrogens (tertiary/aromatic N) is 3. The highest BCUT2D eigenvalue weighted by atomic mass is 32.1. The number of hydrogen-bond donors (Lipinski definition) is 1. The third kappa shape index (κ3) is 3.41. The Morgan fingerprint density at radius 3 is 2.93 bits per heavy atom. The molecule has 2 heterocycles. The molecule has 0 unspecified atom stereocenters. The summed E-state index contributed by atoms with van der Waals surface area (Å²) in [5.74, 6) is -0.362. The molecule has 7 heteroatoms. The Balaban J connectivity index is 1.34. The normalized spacial score (nSPS) is 13.7. The average molecular weight is 417 g/mol. The van der Waals surface area contributed by atoms with Gasteiger partial charge in [0.15, 0.2) is 0 Å². The number of hydrogen-bond acceptors (Lipinski definition) is 5. The van der Waals surface area contributed by atoms with Gasteiger partial charge in [-0.05, 0) is 42.0 Å². The largest absolute Gasteiger partial charge is 0.289 e. The van der Waals surface area contributed by atoms with Crippen LogP contribution in [0.1, 0.15) is 28.8 Å². The summed E-state index contributed by atoms with van der Waals surface area (Å²) in [7, 11) is 0. The van der Waals surface area contributed by atoms with Gasteiger partial charge in [-0.1, -0.05) is 42.5 Å². The van der Waals surface area contributed by atoms with E-state index >= 15 is 0 Å². The van der Waals surface area contributed by atoms with E-state index in [1.165, 1.54) is 15.8 Å². The molecule has 2 aromatic carbocycles. The van der Waals surface area contributed by atoms with E-state index in [0.717, 1.165) is 52.4 Å². The number of hydrazone groups is 1. The molecule has 0 fully saturated rings. The lowest BCUT2D eigenvalue weighted by molar-refractivity contribution is -0.121. The van der Waals surface area contributed by atoms with Crippen molar-refractivity contribution in [3.05, 3.63) is 75.1 Å². The van der Waals surface area contributed by atoms with Crippen LogP contribution in [0.2, 0.25) is 0 Å². The number of thiophene rings is 1. The van der Waals surface area contributed by atoms with E-state index in [1.807, 2.05) is 42.5 Å². The number of nitrogens with one attached hydrogen (secondary N) is 1. The number of aromatic nitrogens is 2. The second kappa shape index (κ2) is 7.84. The standard InChI is InChI=1S/C23H20N4O2S/c28-20(26-25-12-16-8-5-7-15-6-1-2-9-17(15)16)13-27-14-24-22-21(23(27)29)18-10-3-4-11-19(18)30-22/h1-2,5-9,12,14H,3-4,10-11,13H2,(H,26,28). The predicted octanol–water partition coefficient (Wildman–Crippen LogP) is 3.64. The average Bonchev–Trinajstić information content (AvgIpc) is 3.15. The zero-order valence-corrected chi connectivity index (χ0v) is 17.1. The lowest BCUT2D eigenvalue weighted by Gasteiger charge is -2.10. The van der Waals surface area contributed by atoms with Gasteiger partial charge in [-0.2, -0.15) is 5.10 Å². The number of fused-ring (bicyclic) bond motifs is 4. The van der Waals surface area contributed by atoms with Crippen molar-refractivity contribution in [1.29, 1.82) is 0 Å². The van der Waals surface area contributed by atoms with Crippen LogP contribution in [0.4, 0.5) is 0 Å². The fourth-order valence-corrected chi connectivity index (χ4v) is 5.24. The zero-order chi connectivity index (χ0) is 20.5. The van der Waals surface area contributed by atoms with Crippen LogP contribution in [0.25, 0.3) is 21.0 Å². The van der Waals surface area contributed by atoms with Crippen LogP contribution < -0.4 is 11.0 Å². The minimum atomic E-state index is -0.362. The summed E-state index contributed by atoms with van der Waals surface area (Å²) in [5, 5.41) is 6.94. The Hall–Kier alpha value is -3.32. The first-order valence-corrected chi connectivity index (χ1v) is 10.8. The van der Waals surface area contributed by atoms with Gasteiger partial charge in [-0.25, -0.2) is 10.4 Å². The van der Waals surface area contributed by atoms with Crippen molar-refractivity contribution in [1.82, 2.24) is 15.0 Å². The molecule has 0 aliphatic heterocycles. The first-order chi connectivity index (χ1) is 14.7. The van der Waals surface area contributed by atoms with E-state index in [-0.39, 0.29) is 18.0 Å². The first-order valence-electron chi connectivity index (χ1n) is 10.00. The van der Waals surface area contributed by atoms with Crippen molar-refractivity contribution >= 4 is 44.4 Å². The molecule has 0 radical (unpaired) electrons. The van der Waals surface area contributed by atoms with Gasteiger partial charge in [0.1, 0.15) is 11.4 Å². The highest BCUT2D eigenvalue weighted by Gasteiger charge is 2.20. The molecule has 1 N–H and O–H groups in total. The van der Waals surface area contributed by atoms with Crippen LogP contribution in [0.5, 0.6) is 0 Å². The summed E-state index contributed by atoms with van der Waals surface area (Å²) >= 11 is 1.61. The van der Waals surface area contributed by atoms with Crippen molar-refractivity contribution in [2.24, 2.45) is 5.10 Å². The smallest absolute Gasteiger partial charge is 0.262 e. The van der Waals surface area contributed by atoms with Crippen LogP contribution in [0.3, 0.4) is 0 Å². The maximum Gasteiger partial charge on any atom is 0.262 e. The highest BCUT2D eigenvalue weighted by molar-refractivity contribution is 7.18. The van der Waals surface area contributed by atoms with E-state index < -0.39 is 0 Å². The molecule has 30 heavy (non-hydrogen) atoms. The molecule has 1 aliphatic rings. The van der Waals surface area contributed by atoms with Crippen molar-refractivity contribution in [2.75, 3.05) is 0 Å². The predicted molar refractivity (Wildman–Crippen MR) is 120 cm³/mol. The summed E-state index contributed by atoms with van der Waals surface area (Å²) in [5.41, 5.74) is 4.42. The minimum absolute atomic E-state index is 0.112. The number of amides is 1. The van der Waals surface area contributed by atoms with E-state index in [2.05, 4.69) is 15.5 Å². The van der Waals surface area contributed by atoms with Crippen molar-refractivity contribution in [3.8, 4) is 0 Å². The molecule has 6 nitrogen and oxygen atoms in total. The summed E-state index contributed by atoms with van der Waals surface area (Å²) in [6, 6.07) is 13.9. The molecule has 0 saturated heterocycles. The Kier molecular flexibility index (Phi) is 4.88. The SMILES string of the molecule is O=C(Cn1cnc2sc3c(c2c1=O)CCCC3)NN=Cc1cccc2ccccc12. The third-order valence-electron chi connectivity index (χ3n) is 5.47. The van der Waals surface area contributed by atoms with E-state index in [1.54, 1.807) is 17.6 Å². The second-order valence-corrected chi connectivity index (χ2v) is 8.51.